The summed E-state index contributed by atoms with van der Waals surface area (Å²) in [6.07, 6.45) is -8.31. The van der Waals surface area contributed by atoms with Crippen LogP contribution in [-0.4, -0.2) is 31.1 Å². The van der Waals surface area contributed by atoms with Crippen molar-refractivity contribution in [3.8, 4) is 0 Å². The van der Waals surface area contributed by atoms with Crippen LogP contribution in [0.3, 0.4) is 0 Å². The van der Waals surface area contributed by atoms with Crippen LogP contribution < -0.4 is 5.32 Å². The molecule has 1 saturated heterocycles. The monoisotopic (exact) mass is 374 g/mol. The molecular weight excluding hydrogens is 358 g/mol. The van der Waals surface area contributed by atoms with Gasteiger partial charge in [-0.1, -0.05) is 6.08 Å². The van der Waals surface area contributed by atoms with E-state index < -0.39 is 29.5 Å². The number of alkyl halides is 6. The number of halogens is 7. The third-order valence-corrected chi connectivity index (χ3v) is 3.72. The Labute approximate surface area is 141 Å². The summed E-state index contributed by atoms with van der Waals surface area (Å²) in [5.74, 6) is 0. The molecule has 0 aromatic heterocycles. The number of benzene rings is 1. The Morgan fingerprint density at radius 2 is 1.42 bits per heavy atom. The van der Waals surface area contributed by atoms with E-state index in [1.807, 2.05) is 0 Å². The molecule has 1 heterocycles. The van der Waals surface area contributed by atoms with Crippen molar-refractivity contribution in [3.05, 3.63) is 47.5 Å². The fraction of sp³-hybridized carbons (Fsp3) is 0.467. The molecule has 0 aliphatic carbocycles. The smallest absolute Gasteiger partial charge is 0.314 e. The zero-order chi connectivity index (χ0) is 17.3. The van der Waals surface area contributed by atoms with Crippen molar-refractivity contribution < 1.29 is 26.3 Å². The molecule has 2 nitrogen and oxygen atoms in total. The van der Waals surface area contributed by atoms with Gasteiger partial charge in [-0.2, -0.15) is 26.3 Å². The fourth-order valence-electron chi connectivity index (χ4n) is 2.61. The van der Waals surface area contributed by atoms with Gasteiger partial charge in [0.05, 0.1) is 17.2 Å². The van der Waals surface area contributed by atoms with Gasteiger partial charge in [0.15, 0.2) is 0 Å². The van der Waals surface area contributed by atoms with Crippen LogP contribution in [0, 0.1) is 0 Å². The minimum atomic E-state index is -4.84. The molecule has 0 bridgehead atoms. The van der Waals surface area contributed by atoms with Crippen molar-refractivity contribution in [2.75, 3.05) is 26.2 Å². The van der Waals surface area contributed by atoms with Gasteiger partial charge in [0.2, 0.25) is 0 Å². The Bertz CT molecular complexity index is 532. The van der Waals surface area contributed by atoms with Crippen LogP contribution in [0.25, 0.3) is 0 Å². The summed E-state index contributed by atoms with van der Waals surface area (Å²) in [4.78, 5) is 1.80. The Morgan fingerprint density at radius 3 is 1.79 bits per heavy atom. The highest BCUT2D eigenvalue weighted by molar-refractivity contribution is 5.85. The summed E-state index contributed by atoms with van der Waals surface area (Å²) >= 11 is 0. The van der Waals surface area contributed by atoms with Crippen LogP contribution >= 0.6 is 12.4 Å². The molecule has 1 aromatic rings. The van der Waals surface area contributed by atoms with Crippen molar-refractivity contribution in [3.63, 3.8) is 0 Å². The predicted octanol–water partition coefficient (Wildman–Crippen LogP) is 4.28. The standard InChI is InChI=1S/C15H16F6N2.ClH/c1-2-13(23-5-3-22-4-6-23)10-7-11(14(16,17)18)9-12(8-10)15(19,20)21;/h2,7-9,13,22H,1,3-6H2;1H/t13-;/m0./s1. The van der Waals surface area contributed by atoms with Gasteiger partial charge >= 0.3 is 12.4 Å². The maximum atomic E-state index is 12.9. The second-order valence-electron chi connectivity index (χ2n) is 5.31. The van der Waals surface area contributed by atoms with E-state index in [4.69, 9.17) is 0 Å². The van der Waals surface area contributed by atoms with E-state index in [0.29, 0.717) is 26.2 Å². The summed E-state index contributed by atoms with van der Waals surface area (Å²) in [6.45, 7) is 5.86. The van der Waals surface area contributed by atoms with Crippen molar-refractivity contribution in [1.82, 2.24) is 10.2 Å². The first-order valence-electron chi connectivity index (χ1n) is 6.99. The quantitative estimate of drug-likeness (QED) is 0.627. The number of nitrogens with zero attached hydrogens (tertiary/aromatic N) is 1. The van der Waals surface area contributed by atoms with Gasteiger partial charge in [-0.05, 0) is 23.8 Å². The average Bonchev–Trinajstić information content (AvgIpc) is 2.47. The molecule has 1 aromatic carbocycles. The van der Waals surface area contributed by atoms with Gasteiger partial charge in [0.25, 0.3) is 0 Å². The molecule has 136 valence electrons. The van der Waals surface area contributed by atoms with Crippen LogP contribution in [0.1, 0.15) is 22.7 Å². The van der Waals surface area contributed by atoms with Crippen LogP contribution in [0.15, 0.2) is 30.9 Å². The van der Waals surface area contributed by atoms with Crippen LogP contribution in [0.4, 0.5) is 26.3 Å². The number of hydrogen-bond acceptors (Lipinski definition) is 2. The molecule has 0 unspecified atom stereocenters. The summed E-state index contributed by atoms with van der Waals surface area (Å²) in [6, 6.07) is 0.981. The summed E-state index contributed by atoms with van der Waals surface area (Å²) < 4.78 is 77.6. The normalized spacial score (nSPS) is 17.9. The third-order valence-electron chi connectivity index (χ3n) is 3.72. The summed E-state index contributed by atoms with van der Waals surface area (Å²) in [5.41, 5.74) is -2.65. The topological polar surface area (TPSA) is 15.3 Å². The molecule has 2 rings (SSSR count). The van der Waals surface area contributed by atoms with Crippen LogP contribution in [-0.2, 0) is 12.4 Å². The van der Waals surface area contributed by atoms with E-state index in [9.17, 15) is 26.3 Å². The molecule has 1 N–H and O–H groups in total. The number of rotatable bonds is 3. The van der Waals surface area contributed by atoms with E-state index in [0.717, 1.165) is 12.1 Å². The molecule has 1 aliphatic heterocycles. The largest absolute Gasteiger partial charge is 0.416 e. The first-order valence-corrected chi connectivity index (χ1v) is 6.99. The molecule has 1 fully saturated rings. The van der Waals surface area contributed by atoms with Gasteiger partial charge in [-0.3, -0.25) is 4.90 Å². The van der Waals surface area contributed by atoms with Crippen molar-refractivity contribution in [1.29, 1.82) is 0 Å². The number of piperazine rings is 1. The molecule has 1 aliphatic rings. The van der Waals surface area contributed by atoms with Gasteiger partial charge in [-0.25, -0.2) is 0 Å². The van der Waals surface area contributed by atoms with E-state index in [2.05, 4.69) is 11.9 Å². The van der Waals surface area contributed by atoms with E-state index in [1.165, 1.54) is 6.08 Å². The lowest BCUT2D eigenvalue weighted by atomic mass is 9.98. The van der Waals surface area contributed by atoms with Gasteiger partial charge in [-0.15, -0.1) is 19.0 Å². The summed E-state index contributed by atoms with van der Waals surface area (Å²) in [5, 5.41) is 3.08. The molecule has 9 heteroatoms. The van der Waals surface area contributed by atoms with E-state index in [1.54, 1.807) is 4.90 Å². The zero-order valence-corrected chi connectivity index (χ0v) is 13.4. The van der Waals surface area contributed by atoms with Crippen LogP contribution in [0.2, 0.25) is 0 Å². The van der Waals surface area contributed by atoms with Gasteiger partial charge in [0, 0.05) is 26.2 Å². The third kappa shape index (κ3) is 4.87. The molecule has 1 atom stereocenters. The van der Waals surface area contributed by atoms with Crippen molar-refractivity contribution >= 4 is 12.4 Å². The van der Waals surface area contributed by atoms with Gasteiger partial charge < -0.3 is 5.32 Å². The lowest BCUT2D eigenvalue weighted by Crippen LogP contribution is -2.44. The fourth-order valence-corrected chi connectivity index (χ4v) is 2.61. The Balaban J connectivity index is 0.00000288. The molecule has 0 radical (unpaired) electrons. The van der Waals surface area contributed by atoms with Gasteiger partial charge in [0.1, 0.15) is 0 Å². The zero-order valence-electron chi connectivity index (χ0n) is 12.5. The maximum Gasteiger partial charge on any atom is 0.416 e. The first-order chi connectivity index (χ1) is 10.6. The SMILES string of the molecule is C=C[C@@H](c1cc(C(F)(F)F)cc(C(F)(F)F)c1)N1CCNCC1.Cl. The Morgan fingerprint density at radius 1 is 0.958 bits per heavy atom. The highest BCUT2D eigenvalue weighted by Gasteiger charge is 2.37. The van der Waals surface area contributed by atoms with Crippen molar-refractivity contribution in [2.45, 2.75) is 18.4 Å². The molecule has 0 amide bonds. The predicted molar refractivity (Wildman–Crippen MR) is 81.1 cm³/mol. The minimum Gasteiger partial charge on any atom is -0.314 e. The molecular formula is C15H17ClF6N2. The first kappa shape index (κ1) is 20.8. The highest BCUT2D eigenvalue weighted by atomic mass is 35.5. The second-order valence-corrected chi connectivity index (χ2v) is 5.31. The number of nitrogens with one attached hydrogen (secondary N) is 1. The van der Waals surface area contributed by atoms with E-state index >= 15 is 0 Å². The Hall–Kier alpha value is -1.25. The van der Waals surface area contributed by atoms with Crippen LogP contribution in [0.5, 0.6) is 0 Å². The minimum absolute atomic E-state index is 0. The van der Waals surface area contributed by atoms with Crippen molar-refractivity contribution in [2.24, 2.45) is 0 Å². The molecule has 0 spiro atoms. The Kier molecular flexibility index (Phi) is 6.72. The lowest BCUT2D eigenvalue weighted by molar-refractivity contribution is -0.143. The summed E-state index contributed by atoms with van der Waals surface area (Å²) in [7, 11) is 0. The highest BCUT2D eigenvalue weighted by Crippen LogP contribution is 2.38. The lowest BCUT2D eigenvalue weighted by Gasteiger charge is -2.34. The molecule has 0 saturated carbocycles. The van der Waals surface area contributed by atoms with E-state index in [-0.39, 0.29) is 24.0 Å². The number of hydrogen-bond donors (Lipinski definition) is 1. The second kappa shape index (κ2) is 7.76. The molecule has 24 heavy (non-hydrogen) atoms. The maximum absolute atomic E-state index is 12.9. The average molecular weight is 375 g/mol.